The van der Waals surface area contributed by atoms with E-state index in [0.29, 0.717) is 49.7 Å². The Hall–Kier alpha value is -3.10. The molecular weight excluding hydrogens is 378 g/mol. The maximum Gasteiger partial charge on any atom is 0.309 e. The smallest absolute Gasteiger partial charge is 0.309 e. The molecule has 1 N–H and O–H groups in total. The highest BCUT2D eigenvalue weighted by Crippen LogP contribution is 2.40. The summed E-state index contributed by atoms with van der Waals surface area (Å²) in [7, 11) is 0. The zero-order chi connectivity index (χ0) is 20.4. The number of benzene rings is 1. The molecule has 9 heteroatoms. The first-order valence-corrected chi connectivity index (χ1v) is 9.75. The summed E-state index contributed by atoms with van der Waals surface area (Å²) in [6.07, 6.45) is 1.23. The van der Waals surface area contributed by atoms with Gasteiger partial charge in [-0.15, -0.1) is 0 Å². The minimum atomic E-state index is -0.239. The van der Waals surface area contributed by atoms with E-state index in [4.69, 9.17) is 14.2 Å². The number of fused-ring (bicyclic) bond motifs is 1. The van der Waals surface area contributed by atoms with Gasteiger partial charge in [0.25, 0.3) is 5.91 Å². The number of carbonyl (C=O) groups excluding carboxylic acids is 3. The van der Waals surface area contributed by atoms with Crippen LogP contribution in [-0.2, 0) is 25.7 Å². The van der Waals surface area contributed by atoms with Gasteiger partial charge >= 0.3 is 5.97 Å². The van der Waals surface area contributed by atoms with Gasteiger partial charge in [0.1, 0.15) is 5.71 Å². The van der Waals surface area contributed by atoms with Crippen molar-refractivity contribution in [2.24, 2.45) is 16.9 Å². The number of hydrazone groups is 1. The maximum absolute atomic E-state index is 13.1. The minimum Gasteiger partial charge on any atom is -0.466 e. The number of nitrogens with one attached hydrogen (secondary N) is 1. The summed E-state index contributed by atoms with van der Waals surface area (Å²) in [4.78, 5) is 38.1. The lowest BCUT2D eigenvalue weighted by Gasteiger charge is -2.25. The lowest BCUT2D eigenvalue weighted by atomic mass is 10.1. The van der Waals surface area contributed by atoms with Gasteiger partial charge in [-0.2, -0.15) is 5.10 Å². The predicted molar refractivity (Wildman–Crippen MR) is 101 cm³/mol. The number of nitrogens with zero attached hydrogens (tertiary/aromatic N) is 2. The van der Waals surface area contributed by atoms with E-state index in [2.05, 4.69) is 10.5 Å². The molecule has 0 bridgehead atoms. The summed E-state index contributed by atoms with van der Waals surface area (Å²) in [6.45, 7) is 3.07. The Morgan fingerprint density at radius 1 is 1.28 bits per heavy atom. The highest BCUT2D eigenvalue weighted by atomic mass is 16.7. The molecule has 9 nitrogen and oxygen atoms in total. The molecule has 0 saturated heterocycles. The quantitative estimate of drug-likeness (QED) is 0.689. The van der Waals surface area contributed by atoms with E-state index >= 15 is 0 Å². The fourth-order valence-electron chi connectivity index (χ4n) is 3.56. The molecule has 2 aliphatic heterocycles. The molecule has 1 saturated carbocycles. The van der Waals surface area contributed by atoms with Gasteiger partial charge in [0.05, 0.1) is 12.5 Å². The zero-order valence-corrected chi connectivity index (χ0v) is 16.2. The molecule has 29 heavy (non-hydrogen) atoms. The van der Waals surface area contributed by atoms with Crippen LogP contribution < -0.4 is 14.9 Å². The molecular formula is C20H23N3O6. The van der Waals surface area contributed by atoms with Gasteiger partial charge in [-0.3, -0.25) is 14.4 Å². The maximum atomic E-state index is 13.1. The van der Waals surface area contributed by atoms with Crippen LogP contribution >= 0.6 is 0 Å². The molecule has 1 aliphatic carbocycles. The van der Waals surface area contributed by atoms with Gasteiger partial charge in [0.15, 0.2) is 11.5 Å². The normalized spacial score (nSPS) is 21.8. The Bertz CT molecular complexity index is 868. The van der Waals surface area contributed by atoms with E-state index in [-0.39, 0.29) is 42.8 Å². The van der Waals surface area contributed by atoms with Crippen LogP contribution in [0, 0.1) is 11.8 Å². The molecule has 2 heterocycles. The van der Waals surface area contributed by atoms with Gasteiger partial charge in [0.2, 0.25) is 12.7 Å². The molecule has 2 amide bonds. The molecule has 1 aromatic rings. The van der Waals surface area contributed by atoms with Crippen LogP contribution in [0.5, 0.6) is 11.5 Å². The van der Waals surface area contributed by atoms with Gasteiger partial charge in [0, 0.05) is 25.9 Å². The average Bonchev–Trinajstić information content (AvgIpc) is 3.33. The molecule has 0 aromatic heterocycles. The number of hydrogen-bond donors (Lipinski definition) is 1. The monoisotopic (exact) mass is 401 g/mol. The number of rotatable bonds is 7. The Kier molecular flexibility index (Phi) is 5.37. The van der Waals surface area contributed by atoms with Gasteiger partial charge in [-0.25, -0.2) is 5.43 Å². The van der Waals surface area contributed by atoms with Crippen LogP contribution in [0.25, 0.3) is 0 Å². The first-order chi connectivity index (χ1) is 14.0. The van der Waals surface area contributed by atoms with Gasteiger partial charge in [-0.05, 0) is 37.0 Å². The average molecular weight is 401 g/mol. The van der Waals surface area contributed by atoms with Crippen molar-refractivity contribution in [3.8, 4) is 11.5 Å². The zero-order valence-electron chi connectivity index (χ0n) is 16.2. The van der Waals surface area contributed by atoms with E-state index in [0.717, 1.165) is 5.56 Å². The fourth-order valence-corrected chi connectivity index (χ4v) is 3.56. The summed E-state index contributed by atoms with van der Waals surface area (Å²) in [6, 6.07) is 5.55. The molecule has 0 spiro atoms. The van der Waals surface area contributed by atoms with Crippen molar-refractivity contribution in [1.82, 2.24) is 10.3 Å². The van der Waals surface area contributed by atoms with Crippen LogP contribution in [0.4, 0.5) is 0 Å². The second kappa shape index (κ2) is 8.10. The molecule has 2 atom stereocenters. The number of amides is 2. The molecule has 3 aliphatic rings. The third-order valence-electron chi connectivity index (χ3n) is 5.22. The predicted octanol–water partition coefficient (Wildman–Crippen LogP) is 1.21. The summed E-state index contributed by atoms with van der Waals surface area (Å²) in [5.74, 6) is 0.560. The summed E-state index contributed by atoms with van der Waals surface area (Å²) in [5.41, 5.74) is 3.57. The summed E-state index contributed by atoms with van der Waals surface area (Å²) in [5, 5.41) is 3.93. The van der Waals surface area contributed by atoms with Crippen LogP contribution in [0.2, 0.25) is 0 Å². The number of esters is 1. The fraction of sp³-hybridized carbons (Fsp3) is 0.500. The van der Waals surface area contributed by atoms with Crippen molar-refractivity contribution in [2.75, 3.05) is 19.9 Å². The Morgan fingerprint density at radius 3 is 2.86 bits per heavy atom. The Morgan fingerprint density at radius 2 is 2.10 bits per heavy atom. The van der Waals surface area contributed by atoms with E-state index in [1.165, 1.54) is 0 Å². The Balaban J connectivity index is 1.48. The van der Waals surface area contributed by atoms with E-state index in [9.17, 15) is 14.4 Å². The molecule has 154 valence electrons. The molecule has 2 unspecified atom stereocenters. The highest BCUT2D eigenvalue weighted by molar-refractivity contribution is 6.39. The third kappa shape index (κ3) is 4.33. The SMILES string of the molecule is CCOC(=O)C1CC1CN(Cc1ccc2c(c1)OCO2)C(=O)C1=NNC(=O)CC1. The van der Waals surface area contributed by atoms with Crippen LogP contribution in [-0.4, -0.2) is 48.3 Å². The second-order valence-corrected chi connectivity index (χ2v) is 7.32. The van der Waals surface area contributed by atoms with E-state index in [1.54, 1.807) is 11.8 Å². The first-order valence-electron chi connectivity index (χ1n) is 9.75. The minimum absolute atomic E-state index is 0.0609. The van der Waals surface area contributed by atoms with E-state index in [1.807, 2.05) is 18.2 Å². The third-order valence-corrected chi connectivity index (χ3v) is 5.22. The first kappa shape index (κ1) is 19.2. The van der Waals surface area contributed by atoms with Crippen molar-refractivity contribution < 1.29 is 28.6 Å². The molecule has 1 fully saturated rings. The topological polar surface area (TPSA) is 107 Å². The number of hydrogen-bond acceptors (Lipinski definition) is 7. The van der Waals surface area contributed by atoms with Crippen LogP contribution in [0.3, 0.4) is 0 Å². The second-order valence-electron chi connectivity index (χ2n) is 7.32. The van der Waals surface area contributed by atoms with Crippen molar-refractivity contribution >= 4 is 23.5 Å². The highest BCUT2D eigenvalue weighted by Gasteiger charge is 2.45. The molecule has 1 aromatic carbocycles. The van der Waals surface area contributed by atoms with Crippen LogP contribution in [0.1, 0.15) is 31.7 Å². The van der Waals surface area contributed by atoms with Crippen LogP contribution in [0.15, 0.2) is 23.3 Å². The Labute approximate surface area is 168 Å². The van der Waals surface area contributed by atoms with Crippen molar-refractivity contribution in [3.63, 3.8) is 0 Å². The van der Waals surface area contributed by atoms with E-state index < -0.39 is 0 Å². The van der Waals surface area contributed by atoms with Crippen molar-refractivity contribution in [2.45, 2.75) is 32.7 Å². The van der Waals surface area contributed by atoms with Gasteiger partial charge < -0.3 is 19.1 Å². The lowest BCUT2D eigenvalue weighted by Crippen LogP contribution is -2.41. The summed E-state index contributed by atoms with van der Waals surface area (Å²) < 4.78 is 15.8. The number of carbonyl (C=O) groups is 3. The standard InChI is InChI=1S/C20H23N3O6/c1-2-27-20(26)14-8-13(14)10-23(19(25)15-4-6-18(24)22-21-15)9-12-3-5-16-17(7-12)29-11-28-16/h3,5,7,13-14H,2,4,6,8-11H2,1H3,(H,22,24). The lowest BCUT2D eigenvalue weighted by molar-refractivity contribution is -0.145. The largest absolute Gasteiger partial charge is 0.466 e. The molecule has 0 radical (unpaired) electrons. The number of ether oxygens (including phenoxy) is 3. The molecule has 4 rings (SSSR count). The summed E-state index contributed by atoms with van der Waals surface area (Å²) >= 11 is 0. The van der Waals surface area contributed by atoms with Crippen molar-refractivity contribution in [3.05, 3.63) is 23.8 Å². The van der Waals surface area contributed by atoms with Crippen molar-refractivity contribution in [1.29, 1.82) is 0 Å². The van der Waals surface area contributed by atoms with Gasteiger partial charge in [-0.1, -0.05) is 6.07 Å².